The lowest BCUT2D eigenvalue weighted by Gasteiger charge is -2.14. The number of nitrogens with one attached hydrogen (secondary N) is 2. The van der Waals surface area contributed by atoms with E-state index in [0.717, 1.165) is 34.5 Å². The fourth-order valence-electron chi connectivity index (χ4n) is 2.77. The maximum Gasteiger partial charge on any atom is 0.243 e. The van der Waals surface area contributed by atoms with Gasteiger partial charge < -0.3 is 10.6 Å². The van der Waals surface area contributed by atoms with Crippen molar-refractivity contribution in [2.75, 3.05) is 17.2 Å². The molecule has 4 heteroatoms. The van der Waals surface area contributed by atoms with Crippen LogP contribution < -0.4 is 10.6 Å². The van der Waals surface area contributed by atoms with Crippen LogP contribution in [0.4, 0.5) is 15.8 Å². The maximum atomic E-state index is 13.3. The summed E-state index contributed by atoms with van der Waals surface area (Å²) in [5.74, 6) is -0.412. The van der Waals surface area contributed by atoms with Gasteiger partial charge in [-0.1, -0.05) is 57.7 Å². The van der Waals surface area contributed by atoms with Crippen molar-refractivity contribution in [2.24, 2.45) is 0 Å². The molecule has 150 valence electrons. The van der Waals surface area contributed by atoms with Gasteiger partial charge in [0.25, 0.3) is 0 Å². The van der Waals surface area contributed by atoms with Crippen LogP contribution >= 0.6 is 0 Å². The molecule has 2 rings (SSSR count). The summed E-state index contributed by atoms with van der Waals surface area (Å²) in [5.41, 5.74) is 4.64. The van der Waals surface area contributed by atoms with Crippen molar-refractivity contribution in [3.8, 4) is 0 Å². The number of hydrogen-bond acceptors (Lipinski definition) is 2. The van der Waals surface area contributed by atoms with E-state index in [0.29, 0.717) is 6.42 Å². The molecule has 2 aromatic carbocycles. The van der Waals surface area contributed by atoms with Crippen LogP contribution in [0, 0.1) is 12.7 Å². The number of amides is 1. The predicted octanol–water partition coefficient (Wildman–Crippen LogP) is 6.06. The summed E-state index contributed by atoms with van der Waals surface area (Å²) in [7, 11) is 0. The van der Waals surface area contributed by atoms with Gasteiger partial charge in [0, 0.05) is 11.4 Å². The molecule has 0 spiro atoms. The van der Waals surface area contributed by atoms with E-state index >= 15 is 0 Å². The lowest BCUT2D eigenvalue weighted by atomic mass is 10.0. The van der Waals surface area contributed by atoms with Gasteiger partial charge in [-0.2, -0.15) is 0 Å². The number of anilines is 2. The SMILES string of the molecule is C=C/C=C\Cc1c(C)cccc1NC(=O)CNc1ccc(F)cc1CC.CC. The predicted molar refractivity (Wildman–Crippen MR) is 118 cm³/mol. The lowest BCUT2D eigenvalue weighted by molar-refractivity contribution is -0.114. The summed E-state index contributed by atoms with van der Waals surface area (Å²) in [4.78, 5) is 12.4. The number of benzene rings is 2. The van der Waals surface area contributed by atoms with Crippen LogP contribution in [0.5, 0.6) is 0 Å². The molecule has 0 aliphatic carbocycles. The van der Waals surface area contributed by atoms with E-state index < -0.39 is 0 Å². The van der Waals surface area contributed by atoms with Crippen molar-refractivity contribution in [1.82, 2.24) is 0 Å². The van der Waals surface area contributed by atoms with E-state index in [2.05, 4.69) is 17.2 Å². The van der Waals surface area contributed by atoms with Gasteiger partial charge in [0.1, 0.15) is 5.82 Å². The van der Waals surface area contributed by atoms with Crippen LogP contribution in [0.2, 0.25) is 0 Å². The summed E-state index contributed by atoms with van der Waals surface area (Å²) < 4.78 is 13.3. The Kier molecular flexibility index (Phi) is 10.3. The maximum absolute atomic E-state index is 13.3. The van der Waals surface area contributed by atoms with Gasteiger partial charge in [-0.15, -0.1) is 0 Å². The van der Waals surface area contributed by atoms with Crippen LogP contribution in [0.25, 0.3) is 0 Å². The lowest BCUT2D eigenvalue weighted by Crippen LogP contribution is -2.23. The monoisotopic (exact) mass is 382 g/mol. The van der Waals surface area contributed by atoms with Crippen molar-refractivity contribution in [3.63, 3.8) is 0 Å². The molecule has 28 heavy (non-hydrogen) atoms. The normalized spacial score (nSPS) is 10.2. The highest BCUT2D eigenvalue weighted by atomic mass is 19.1. The number of carbonyl (C=O) groups is 1. The van der Waals surface area contributed by atoms with Crippen LogP contribution in [-0.2, 0) is 17.6 Å². The number of rotatable bonds is 8. The highest BCUT2D eigenvalue weighted by Crippen LogP contribution is 2.21. The van der Waals surface area contributed by atoms with Crippen molar-refractivity contribution < 1.29 is 9.18 Å². The van der Waals surface area contributed by atoms with Crippen LogP contribution in [-0.4, -0.2) is 12.5 Å². The fourth-order valence-corrected chi connectivity index (χ4v) is 2.77. The zero-order valence-corrected chi connectivity index (χ0v) is 17.3. The molecule has 0 atom stereocenters. The third kappa shape index (κ3) is 7.03. The quantitative estimate of drug-likeness (QED) is 0.545. The number of hydrogen-bond donors (Lipinski definition) is 2. The third-order valence-electron chi connectivity index (χ3n) is 4.17. The summed E-state index contributed by atoms with van der Waals surface area (Å²) >= 11 is 0. The Morgan fingerprint density at radius 2 is 1.93 bits per heavy atom. The standard InChI is InChI=1S/C22H25FN2O.C2H6/c1-4-6-7-10-19-16(3)9-8-11-21(19)25-22(26)15-24-20-13-12-18(23)14-17(20)5-2;1-2/h4,6-9,11-14,24H,1,5,10,15H2,2-3H3,(H,25,26);1-2H3/b7-6-;. The molecule has 0 aliphatic rings. The fraction of sp³-hybridized carbons (Fsp3) is 0.292. The summed E-state index contributed by atoms with van der Waals surface area (Å²) in [6, 6.07) is 10.4. The Labute approximate surface area is 168 Å². The molecule has 2 N–H and O–H groups in total. The molecule has 0 saturated heterocycles. The number of aryl methyl sites for hydroxylation is 2. The average molecular weight is 383 g/mol. The minimum Gasteiger partial charge on any atom is -0.376 e. The Balaban J connectivity index is 0.00000190. The van der Waals surface area contributed by atoms with E-state index in [1.807, 2.05) is 58.0 Å². The first-order valence-electron chi connectivity index (χ1n) is 9.73. The Bertz CT molecular complexity index is 812. The topological polar surface area (TPSA) is 41.1 Å². The molecule has 0 bridgehead atoms. The molecule has 0 aliphatic heterocycles. The van der Waals surface area contributed by atoms with Crippen molar-refractivity contribution in [1.29, 1.82) is 0 Å². The summed E-state index contributed by atoms with van der Waals surface area (Å²) in [6.07, 6.45) is 7.04. The van der Waals surface area contributed by atoms with E-state index in [1.54, 1.807) is 12.1 Å². The van der Waals surface area contributed by atoms with Gasteiger partial charge in [0.15, 0.2) is 0 Å². The zero-order chi connectivity index (χ0) is 20.9. The average Bonchev–Trinajstić information content (AvgIpc) is 2.70. The molecular weight excluding hydrogens is 351 g/mol. The first-order chi connectivity index (χ1) is 13.5. The van der Waals surface area contributed by atoms with Crippen LogP contribution in [0.1, 0.15) is 37.5 Å². The molecule has 0 unspecified atom stereocenters. The smallest absolute Gasteiger partial charge is 0.243 e. The minimum atomic E-state index is -0.270. The van der Waals surface area contributed by atoms with Gasteiger partial charge in [-0.05, 0) is 60.7 Å². The first kappa shape index (κ1) is 23.2. The van der Waals surface area contributed by atoms with E-state index in [1.165, 1.54) is 12.1 Å². The van der Waals surface area contributed by atoms with E-state index in [9.17, 15) is 9.18 Å². The zero-order valence-electron chi connectivity index (χ0n) is 17.3. The molecule has 0 heterocycles. The molecule has 1 amide bonds. The van der Waals surface area contributed by atoms with Crippen molar-refractivity contribution in [3.05, 3.63) is 83.7 Å². The van der Waals surface area contributed by atoms with Gasteiger partial charge in [-0.3, -0.25) is 4.79 Å². The van der Waals surface area contributed by atoms with Crippen molar-refractivity contribution in [2.45, 2.75) is 40.5 Å². The second-order valence-corrected chi connectivity index (χ2v) is 6.03. The molecule has 3 nitrogen and oxygen atoms in total. The van der Waals surface area contributed by atoms with Crippen LogP contribution in [0.3, 0.4) is 0 Å². The third-order valence-corrected chi connectivity index (χ3v) is 4.17. The number of allylic oxidation sites excluding steroid dienone is 3. The Morgan fingerprint density at radius 3 is 2.61 bits per heavy atom. The van der Waals surface area contributed by atoms with Gasteiger partial charge >= 0.3 is 0 Å². The Hall–Kier alpha value is -2.88. The van der Waals surface area contributed by atoms with E-state index in [4.69, 9.17) is 0 Å². The highest BCUT2D eigenvalue weighted by molar-refractivity contribution is 5.94. The summed E-state index contributed by atoms with van der Waals surface area (Å²) in [6.45, 7) is 11.8. The largest absolute Gasteiger partial charge is 0.376 e. The van der Waals surface area contributed by atoms with Gasteiger partial charge in [0.2, 0.25) is 5.91 Å². The molecule has 2 aromatic rings. The van der Waals surface area contributed by atoms with Crippen molar-refractivity contribution >= 4 is 17.3 Å². The number of carbonyl (C=O) groups excluding carboxylic acids is 1. The molecule has 0 aromatic heterocycles. The first-order valence-corrected chi connectivity index (χ1v) is 9.73. The number of halogens is 1. The Morgan fingerprint density at radius 1 is 1.18 bits per heavy atom. The molecular formula is C24H31FN2O. The van der Waals surface area contributed by atoms with E-state index in [-0.39, 0.29) is 18.3 Å². The molecule has 0 fully saturated rings. The highest BCUT2D eigenvalue weighted by Gasteiger charge is 2.09. The second-order valence-electron chi connectivity index (χ2n) is 6.03. The minimum absolute atomic E-state index is 0.120. The molecule has 0 saturated carbocycles. The van der Waals surface area contributed by atoms with Gasteiger partial charge in [-0.25, -0.2) is 4.39 Å². The summed E-state index contributed by atoms with van der Waals surface area (Å²) in [5, 5.41) is 6.05. The molecule has 0 radical (unpaired) electrons. The van der Waals surface area contributed by atoms with Gasteiger partial charge in [0.05, 0.1) is 6.54 Å². The second kappa shape index (κ2) is 12.5. The van der Waals surface area contributed by atoms with Crippen LogP contribution in [0.15, 0.2) is 61.2 Å².